The molecule has 2 fully saturated rings. The number of rotatable bonds is 9. The Morgan fingerprint density at radius 1 is 0.550 bits per heavy atom. The number of benzene rings is 2. The predicted octanol–water partition coefficient (Wildman–Crippen LogP) is 10.8. The van der Waals surface area contributed by atoms with Gasteiger partial charge in [-0.25, -0.2) is 0 Å². The molecule has 0 aromatic heterocycles. The quantitative estimate of drug-likeness (QED) is 0.279. The Bertz CT molecular complexity index is 1180. The molecule has 6 rings (SSSR count). The normalized spacial score (nSPS) is 20.6. The molecule has 2 aromatic carbocycles. The van der Waals surface area contributed by atoms with Crippen molar-refractivity contribution in [2.45, 2.75) is 127 Å². The fourth-order valence-electron chi connectivity index (χ4n) is 8.19. The molecule has 0 aliphatic heterocycles. The summed E-state index contributed by atoms with van der Waals surface area (Å²) >= 11 is 0. The van der Waals surface area contributed by atoms with Crippen LogP contribution in [0.4, 0.5) is 0 Å². The number of fused-ring (bicyclic) bond motifs is 2. The van der Waals surface area contributed by atoms with Gasteiger partial charge in [0, 0.05) is 12.8 Å². The zero-order valence-corrected chi connectivity index (χ0v) is 27.5. The minimum atomic E-state index is -1.82. The van der Waals surface area contributed by atoms with Gasteiger partial charge >= 0.3 is 0 Å². The van der Waals surface area contributed by atoms with Crippen molar-refractivity contribution < 1.29 is 8.85 Å². The molecular formula is C36H50O2Si2. The Labute approximate surface area is 245 Å². The van der Waals surface area contributed by atoms with E-state index in [0.29, 0.717) is 0 Å². The summed E-state index contributed by atoms with van der Waals surface area (Å²) in [5, 5.41) is 0. The van der Waals surface area contributed by atoms with Gasteiger partial charge < -0.3 is 8.85 Å². The molecule has 4 aliphatic rings. The highest BCUT2D eigenvalue weighted by Crippen LogP contribution is 2.46. The molecule has 0 unspecified atom stereocenters. The number of hydrogen-bond donors (Lipinski definition) is 0. The number of allylic oxidation sites excluding steroid dienone is 4. The molecule has 2 aromatic rings. The van der Waals surface area contributed by atoms with Crippen molar-refractivity contribution in [2.75, 3.05) is 0 Å². The first-order valence-corrected chi connectivity index (χ1v) is 22.3. The lowest BCUT2D eigenvalue weighted by Crippen LogP contribution is -2.37. The van der Waals surface area contributed by atoms with Gasteiger partial charge in [-0.3, -0.25) is 0 Å². The third-order valence-corrected chi connectivity index (χ3v) is 17.3. The van der Waals surface area contributed by atoms with Crippen molar-refractivity contribution in [3.05, 3.63) is 82.3 Å². The molecular weight excluding hydrogens is 521 g/mol. The van der Waals surface area contributed by atoms with Crippen molar-refractivity contribution in [3.63, 3.8) is 0 Å². The molecule has 0 spiro atoms. The zero-order valence-electron chi connectivity index (χ0n) is 25.5. The Kier molecular flexibility index (Phi) is 8.20. The highest BCUT2D eigenvalue weighted by Gasteiger charge is 2.40. The van der Waals surface area contributed by atoms with Crippen LogP contribution in [-0.4, -0.2) is 16.6 Å². The maximum atomic E-state index is 7.18. The minimum absolute atomic E-state index is 0.787. The van der Waals surface area contributed by atoms with E-state index in [1.54, 1.807) is 0 Å². The maximum Gasteiger partial charge on any atom is 0.247 e. The van der Waals surface area contributed by atoms with Crippen molar-refractivity contribution in [3.8, 4) is 0 Å². The van der Waals surface area contributed by atoms with Crippen molar-refractivity contribution in [1.82, 2.24) is 0 Å². The summed E-state index contributed by atoms with van der Waals surface area (Å²) in [5.41, 5.74) is 10.3. The maximum absolute atomic E-state index is 7.18. The Hall–Kier alpha value is -2.05. The van der Waals surface area contributed by atoms with E-state index < -0.39 is 16.6 Å². The van der Waals surface area contributed by atoms with E-state index in [1.807, 2.05) is 0 Å². The monoisotopic (exact) mass is 570 g/mol. The fraction of sp³-hybridized carbons (Fsp3) is 0.556. The van der Waals surface area contributed by atoms with E-state index in [2.05, 4.69) is 74.7 Å². The molecule has 0 atom stereocenters. The van der Waals surface area contributed by atoms with Gasteiger partial charge in [-0.05, 0) is 109 Å². The second kappa shape index (κ2) is 11.7. The van der Waals surface area contributed by atoms with Crippen LogP contribution in [0.2, 0.25) is 37.3 Å². The van der Waals surface area contributed by atoms with Crippen molar-refractivity contribution in [1.29, 1.82) is 0 Å². The molecule has 214 valence electrons. The van der Waals surface area contributed by atoms with Crippen LogP contribution in [0.5, 0.6) is 0 Å². The summed E-state index contributed by atoms with van der Waals surface area (Å²) in [6.45, 7) is 9.93. The van der Waals surface area contributed by atoms with E-state index in [4.69, 9.17) is 8.85 Å². The van der Waals surface area contributed by atoms with Crippen LogP contribution in [0.25, 0.3) is 11.1 Å². The average Bonchev–Trinajstić information content (AvgIpc) is 3.48. The predicted molar refractivity (Wildman–Crippen MR) is 174 cm³/mol. The van der Waals surface area contributed by atoms with Crippen molar-refractivity contribution in [2.24, 2.45) is 0 Å². The summed E-state index contributed by atoms with van der Waals surface area (Å²) in [6.07, 6.45) is 17.8. The summed E-state index contributed by atoms with van der Waals surface area (Å²) in [7, 11) is -3.64. The van der Waals surface area contributed by atoms with Gasteiger partial charge in [-0.15, -0.1) is 0 Å². The van der Waals surface area contributed by atoms with E-state index in [1.165, 1.54) is 109 Å². The molecule has 2 nitrogen and oxygen atoms in total. The standard InChI is InChI=1S/C36H50O2Si2/c1-39(2,29-17-7-5-8-18-29)37-35-25-27-15-11-13-21-31(27)33(35)23-24-34-32-22-14-12-16-28(32)26-36(34)38-40(3,4)30-19-9-6-10-20-30/h11-16,21-22,29-30H,5-10,17-20,23-26H2,1-4H3. The molecule has 0 amide bonds. The zero-order chi connectivity index (χ0) is 27.7. The van der Waals surface area contributed by atoms with Gasteiger partial charge in [0.25, 0.3) is 0 Å². The van der Waals surface area contributed by atoms with E-state index >= 15 is 0 Å². The summed E-state index contributed by atoms with van der Waals surface area (Å²) in [4.78, 5) is 0. The molecule has 4 heteroatoms. The first kappa shape index (κ1) is 28.1. The second-order valence-electron chi connectivity index (χ2n) is 14.1. The Balaban J connectivity index is 1.28. The molecule has 0 saturated heterocycles. The van der Waals surface area contributed by atoms with E-state index in [-0.39, 0.29) is 0 Å². The van der Waals surface area contributed by atoms with Gasteiger partial charge in [-0.1, -0.05) is 87.1 Å². The SMILES string of the molecule is C[Si](C)(OC1=C(CCC2=C(O[Si](C)(C)C3CCCCC3)Cc3ccccc32)c2ccccc2C1)C1CCCCC1. The topological polar surface area (TPSA) is 18.5 Å². The smallest absolute Gasteiger partial charge is 0.247 e. The summed E-state index contributed by atoms with van der Waals surface area (Å²) in [6, 6.07) is 18.1. The minimum Gasteiger partial charge on any atom is -0.546 e. The third-order valence-electron chi connectivity index (χ3n) is 10.6. The fourth-order valence-corrected chi connectivity index (χ4v) is 13.8. The van der Waals surface area contributed by atoms with Crippen LogP contribution in [0, 0.1) is 0 Å². The van der Waals surface area contributed by atoms with Crippen LogP contribution in [-0.2, 0) is 21.7 Å². The molecule has 2 saturated carbocycles. The third kappa shape index (κ3) is 5.81. The van der Waals surface area contributed by atoms with E-state index in [9.17, 15) is 0 Å². The molecule has 0 bridgehead atoms. The van der Waals surface area contributed by atoms with Gasteiger partial charge in [0.05, 0.1) is 11.5 Å². The van der Waals surface area contributed by atoms with Crippen LogP contribution in [0.15, 0.2) is 60.0 Å². The lowest BCUT2D eigenvalue weighted by Gasteiger charge is -2.36. The number of hydrogen-bond acceptors (Lipinski definition) is 2. The van der Waals surface area contributed by atoms with Gasteiger partial charge in [0.15, 0.2) is 0 Å². The largest absolute Gasteiger partial charge is 0.546 e. The van der Waals surface area contributed by atoms with Crippen LogP contribution in [0.1, 0.15) is 99.3 Å². The Morgan fingerprint density at radius 3 is 1.32 bits per heavy atom. The highest BCUT2D eigenvalue weighted by molar-refractivity contribution is 6.73. The van der Waals surface area contributed by atoms with Gasteiger partial charge in [0.2, 0.25) is 16.6 Å². The lowest BCUT2D eigenvalue weighted by atomic mass is 9.96. The molecule has 40 heavy (non-hydrogen) atoms. The summed E-state index contributed by atoms with van der Waals surface area (Å²) < 4.78 is 14.4. The van der Waals surface area contributed by atoms with Crippen LogP contribution in [0.3, 0.4) is 0 Å². The van der Waals surface area contributed by atoms with Gasteiger partial charge in [0.1, 0.15) is 0 Å². The van der Waals surface area contributed by atoms with E-state index in [0.717, 1.165) is 36.8 Å². The first-order valence-electron chi connectivity index (χ1n) is 16.3. The Morgan fingerprint density at radius 2 is 0.925 bits per heavy atom. The molecule has 0 heterocycles. The lowest BCUT2D eigenvalue weighted by molar-refractivity contribution is 0.366. The molecule has 0 radical (unpaired) electrons. The van der Waals surface area contributed by atoms with Crippen LogP contribution < -0.4 is 0 Å². The summed E-state index contributed by atoms with van der Waals surface area (Å²) in [5.74, 6) is 2.57. The highest BCUT2D eigenvalue weighted by atomic mass is 28.4. The van der Waals surface area contributed by atoms with Crippen LogP contribution >= 0.6 is 0 Å². The first-order chi connectivity index (χ1) is 19.3. The van der Waals surface area contributed by atoms with Gasteiger partial charge in [-0.2, -0.15) is 0 Å². The van der Waals surface area contributed by atoms with Crippen molar-refractivity contribution >= 4 is 27.8 Å². The molecule has 4 aliphatic carbocycles. The molecule has 0 N–H and O–H groups in total. The second-order valence-corrected chi connectivity index (χ2v) is 22.5. The average molecular weight is 571 g/mol.